The molecule has 8 rings (SSSR count). The van der Waals surface area contributed by atoms with Crippen LogP contribution in [0.2, 0.25) is 0 Å². The Balaban J connectivity index is 1.28. The first kappa shape index (κ1) is 26.4. The molecule has 4 aliphatic heterocycles. The lowest BCUT2D eigenvalue weighted by molar-refractivity contribution is 0.0374. The van der Waals surface area contributed by atoms with Crippen LogP contribution in [0.4, 0.5) is 5.82 Å². The molecule has 2 aromatic heterocycles. The summed E-state index contributed by atoms with van der Waals surface area (Å²) in [5.74, 6) is 3.31. The van der Waals surface area contributed by atoms with Crippen molar-refractivity contribution in [2.45, 2.75) is 43.3 Å². The van der Waals surface area contributed by atoms with Crippen LogP contribution in [-0.2, 0) is 4.74 Å². The smallest absolute Gasteiger partial charge is 0.319 e. The lowest BCUT2D eigenvalue weighted by Crippen LogP contribution is -2.63. The van der Waals surface area contributed by atoms with Crippen LogP contribution in [0.5, 0.6) is 11.8 Å². The van der Waals surface area contributed by atoms with E-state index in [9.17, 15) is 9.90 Å². The summed E-state index contributed by atoms with van der Waals surface area (Å²) in [6.45, 7) is 5.20. The third-order valence-corrected chi connectivity index (χ3v) is 9.50. The van der Waals surface area contributed by atoms with E-state index in [0.29, 0.717) is 60.9 Å². The number of fused-ring (bicyclic) bond motifs is 5. The van der Waals surface area contributed by atoms with Gasteiger partial charge in [-0.3, -0.25) is 14.3 Å². The van der Waals surface area contributed by atoms with E-state index in [-0.39, 0.29) is 34.9 Å². The minimum Gasteiger partial charge on any atom is -0.508 e. The van der Waals surface area contributed by atoms with Gasteiger partial charge in [0.15, 0.2) is 11.3 Å². The predicted molar refractivity (Wildman–Crippen MR) is 162 cm³/mol. The Kier molecular flexibility index (Phi) is 6.25. The van der Waals surface area contributed by atoms with Crippen molar-refractivity contribution in [1.82, 2.24) is 29.7 Å². The highest BCUT2D eigenvalue weighted by Gasteiger charge is 2.45. The molecule has 4 fully saturated rings. The topological polar surface area (TPSA) is 118 Å². The number of ether oxygens (including phenoxy) is 2. The number of aromatic hydroxyl groups is 1. The molecule has 4 saturated heterocycles. The molecule has 0 amide bonds. The molecule has 0 radical (unpaired) electrons. The zero-order valence-corrected chi connectivity index (χ0v) is 23.8. The number of hydrogen-bond donors (Lipinski definition) is 2. The van der Waals surface area contributed by atoms with E-state index >= 15 is 0 Å². The summed E-state index contributed by atoms with van der Waals surface area (Å²) >= 11 is 0. The molecule has 0 spiro atoms. The number of piperazine rings is 1. The fourth-order valence-electron chi connectivity index (χ4n) is 7.56. The lowest BCUT2D eigenvalue weighted by Gasteiger charge is -2.42. The predicted octanol–water partition coefficient (Wildman–Crippen LogP) is 2.20. The van der Waals surface area contributed by atoms with Crippen LogP contribution in [0.3, 0.4) is 0 Å². The Labute approximate surface area is 248 Å². The van der Waals surface area contributed by atoms with Crippen molar-refractivity contribution in [2.75, 3.05) is 50.9 Å². The molecule has 0 aliphatic carbocycles. The minimum atomic E-state index is -0.391. The van der Waals surface area contributed by atoms with Crippen LogP contribution in [0.25, 0.3) is 27.5 Å². The number of phenols is 1. The molecule has 220 valence electrons. The maximum Gasteiger partial charge on any atom is 0.319 e. The number of morpholine rings is 1. The van der Waals surface area contributed by atoms with Gasteiger partial charge in [0.25, 0.3) is 5.56 Å². The van der Waals surface area contributed by atoms with Crippen LogP contribution >= 0.6 is 0 Å². The molecule has 0 saturated carbocycles. The van der Waals surface area contributed by atoms with Crippen molar-refractivity contribution in [3.8, 4) is 29.8 Å². The second-order valence-electron chi connectivity index (χ2n) is 12.2. The van der Waals surface area contributed by atoms with Gasteiger partial charge in [-0.15, -0.1) is 6.42 Å². The number of nitrogens with one attached hydrogen (secondary N) is 1. The van der Waals surface area contributed by atoms with Gasteiger partial charge in [-0.2, -0.15) is 9.97 Å². The average molecular weight is 580 g/mol. The third kappa shape index (κ3) is 4.40. The van der Waals surface area contributed by atoms with Crippen LogP contribution in [0.15, 0.2) is 41.5 Å². The number of aromatic nitrogens is 4. The monoisotopic (exact) mass is 579 g/mol. The molecule has 43 heavy (non-hydrogen) atoms. The van der Waals surface area contributed by atoms with Crippen molar-refractivity contribution in [2.24, 2.45) is 0 Å². The molecule has 2 aromatic carbocycles. The summed E-state index contributed by atoms with van der Waals surface area (Å²) in [6, 6.07) is 9.12. The van der Waals surface area contributed by atoms with Gasteiger partial charge in [0.1, 0.15) is 24.2 Å². The first-order chi connectivity index (χ1) is 21.0. The molecule has 2 N–H and O–H groups in total. The second kappa shape index (κ2) is 10.2. The van der Waals surface area contributed by atoms with E-state index < -0.39 is 5.56 Å². The number of rotatable bonds is 5. The van der Waals surface area contributed by atoms with Crippen molar-refractivity contribution >= 4 is 27.6 Å². The van der Waals surface area contributed by atoms with E-state index in [2.05, 4.69) is 26.0 Å². The molecule has 11 heteroatoms. The number of anilines is 1. The van der Waals surface area contributed by atoms with Gasteiger partial charge < -0.3 is 24.8 Å². The summed E-state index contributed by atoms with van der Waals surface area (Å²) in [4.78, 5) is 33.3. The van der Waals surface area contributed by atoms with Crippen molar-refractivity contribution < 1.29 is 14.6 Å². The lowest BCUT2D eigenvalue weighted by atomic mass is 9.95. The Morgan fingerprint density at radius 2 is 1.91 bits per heavy atom. The Morgan fingerprint density at radius 1 is 1.12 bits per heavy atom. The standard InChI is InChI=1S/C32H33N7O4/c1-2-20-6-3-7-21-12-24(40)13-25(26(20)21)39-19-33-27-28(30(39)41)35-31(43-18-32-8-4-10-38(32)11-5-9-32)36-29(27)37-14-22-16-42-17-23(15-37)34-22/h1,3,6-7,12-13,19,22-23,34,40H,4-5,8-11,14-18H2. The summed E-state index contributed by atoms with van der Waals surface area (Å²) in [5, 5.41) is 15.6. The van der Waals surface area contributed by atoms with Crippen LogP contribution in [0, 0.1) is 12.3 Å². The maximum atomic E-state index is 14.3. The molecular weight excluding hydrogens is 546 g/mol. The molecule has 4 aromatic rings. The summed E-state index contributed by atoms with van der Waals surface area (Å²) in [6.07, 6.45) is 11.8. The average Bonchev–Trinajstić information content (AvgIpc) is 3.60. The van der Waals surface area contributed by atoms with E-state index in [4.69, 9.17) is 25.9 Å². The third-order valence-electron chi connectivity index (χ3n) is 9.50. The van der Waals surface area contributed by atoms with Gasteiger partial charge in [0.2, 0.25) is 0 Å². The highest BCUT2D eigenvalue weighted by molar-refractivity contribution is 5.96. The highest BCUT2D eigenvalue weighted by Crippen LogP contribution is 2.39. The van der Waals surface area contributed by atoms with E-state index in [1.54, 1.807) is 6.07 Å². The first-order valence-electron chi connectivity index (χ1n) is 15.0. The van der Waals surface area contributed by atoms with Gasteiger partial charge in [-0.25, -0.2) is 4.98 Å². The zero-order chi connectivity index (χ0) is 29.1. The van der Waals surface area contributed by atoms with Gasteiger partial charge in [0, 0.05) is 42.2 Å². The largest absolute Gasteiger partial charge is 0.508 e. The van der Waals surface area contributed by atoms with Crippen molar-refractivity contribution in [1.29, 1.82) is 0 Å². The van der Waals surface area contributed by atoms with E-state index in [1.807, 2.05) is 18.2 Å². The van der Waals surface area contributed by atoms with Gasteiger partial charge >= 0.3 is 6.01 Å². The molecule has 4 aliphatic rings. The number of benzene rings is 2. The molecule has 11 nitrogen and oxygen atoms in total. The van der Waals surface area contributed by atoms with Crippen molar-refractivity contribution in [3.63, 3.8) is 0 Å². The zero-order valence-electron chi connectivity index (χ0n) is 23.8. The normalized spacial score (nSPS) is 23.0. The van der Waals surface area contributed by atoms with Gasteiger partial charge in [0.05, 0.1) is 24.4 Å². The Morgan fingerprint density at radius 3 is 2.67 bits per heavy atom. The van der Waals surface area contributed by atoms with E-state index in [0.717, 1.165) is 44.2 Å². The SMILES string of the molecule is C#Cc1cccc2cc(O)cc(-n3cnc4c(N5CC6COCC(C5)N6)nc(OCC56CCCN5CCC6)nc4c3=O)c12. The molecule has 2 bridgehead atoms. The minimum absolute atomic E-state index is 0.00311. The molecule has 6 heterocycles. The van der Waals surface area contributed by atoms with Crippen LogP contribution in [-0.4, -0.2) is 93.1 Å². The summed E-state index contributed by atoms with van der Waals surface area (Å²) < 4.78 is 13.5. The first-order valence-corrected chi connectivity index (χ1v) is 15.0. The summed E-state index contributed by atoms with van der Waals surface area (Å²) in [7, 11) is 0. The Bertz CT molecular complexity index is 1830. The molecule has 2 atom stereocenters. The van der Waals surface area contributed by atoms with Gasteiger partial charge in [-0.05, 0) is 56.3 Å². The number of phenolic OH excluding ortho intramolecular Hbond substituents is 1. The second-order valence-corrected chi connectivity index (χ2v) is 12.2. The van der Waals surface area contributed by atoms with Crippen molar-refractivity contribution in [3.05, 3.63) is 52.6 Å². The fourth-order valence-corrected chi connectivity index (χ4v) is 7.56. The Hall–Kier alpha value is -4.24. The molecular formula is C32H33N7O4. The number of nitrogens with zero attached hydrogens (tertiary/aromatic N) is 6. The maximum absolute atomic E-state index is 14.3. The quantitative estimate of drug-likeness (QED) is 0.341. The van der Waals surface area contributed by atoms with E-state index in [1.165, 1.54) is 17.0 Å². The van der Waals surface area contributed by atoms with Crippen LogP contribution in [0.1, 0.15) is 31.2 Å². The van der Waals surface area contributed by atoms with Crippen LogP contribution < -0.4 is 20.5 Å². The molecule has 2 unspecified atom stereocenters. The highest BCUT2D eigenvalue weighted by atomic mass is 16.5. The van der Waals surface area contributed by atoms with Gasteiger partial charge in [-0.1, -0.05) is 18.1 Å². The number of terminal acetylenes is 1. The fraction of sp³-hybridized carbons (Fsp3) is 0.438. The summed E-state index contributed by atoms with van der Waals surface area (Å²) in [5.41, 5.74) is 1.23. The number of hydrogen-bond acceptors (Lipinski definition) is 10.